The van der Waals surface area contributed by atoms with Crippen molar-refractivity contribution in [1.82, 2.24) is 5.43 Å². The number of carbonyl (C=O) groups is 2. The highest BCUT2D eigenvalue weighted by molar-refractivity contribution is 5.95. The fourth-order valence-electron chi connectivity index (χ4n) is 2.58. The van der Waals surface area contributed by atoms with Gasteiger partial charge in [0.15, 0.2) is 11.5 Å². The van der Waals surface area contributed by atoms with Crippen molar-refractivity contribution in [3.8, 4) is 23.0 Å². The van der Waals surface area contributed by atoms with Crippen LogP contribution >= 0.6 is 0 Å². The molecule has 0 saturated carbocycles. The number of nitrogens with zero attached hydrogens (tertiary/aromatic N) is 1. The third-order valence-electron chi connectivity index (χ3n) is 4.23. The van der Waals surface area contributed by atoms with Crippen molar-refractivity contribution >= 4 is 18.1 Å². The van der Waals surface area contributed by atoms with Crippen molar-refractivity contribution in [3.05, 3.63) is 83.4 Å². The fourth-order valence-corrected chi connectivity index (χ4v) is 2.58. The standard InChI is InChI=1S/C23H20N2O6/c1-29-19-10-6-17(7-11-19)23(28)31-20-12-3-15(13-21(20)30-2)14-24-25-22(27)16-4-8-18(26)9-5-16/h3-14,26H,1-2H3,(H,25,27)/b24-14-. The maximum Gasteiger partial charge on any atom is 0.343 e. The molecule has 158 valence electrons. The largest absolute Gasteiger partial charge is 0.508 e. The molecular weight excluding hydrogens is 400 g/mol. The van der Waals surface area contributed by atoms with E-state index < -0.39 is 11.9 Å². The van der Waals surface area contributed by atoms with Gasteiger partial charge < -0.3 is 19.3 Å². The summed E-state index contributed by atoms with van der Waals surface area (Å²) in [7, 11) is 3.00. The van der Waals surface area contributed by atoms with Gasteiger partial charge in [-0.2, -0.15) is 5.10 Å². The van der Waals surface area contributed by atoms with Crippen LogP contribution in [0.15, 0.2) is 71.8 Å². The first kappa shape index (κ1) is 21.4. The van der Waals surface area contributed by atoms with E-state index in [9.17, 15) is 14.7 Å². The number of carbonyl (C=O) groups excluding carboxylic acids is 2. The predicted molar refractivity (Wildman–Crippen MR) is 114 cm³/mol. The lowest BCUT2D eigenvalue weighted by Crippen LogP contribution is -2.17. The second-order valence-corrected chi connectivity index (χ2v) is 6.27. The number of hydrogen-bond donors (Lipinski definition) is 2. The predicted octanol–water partition coefficient (Wildman–Crippen LogP) is 3.39. The molecule has 0 radical (unpaired) electrons. The maximum absolute atomic E-state index is 12.4. The number of phenols is 1. The summed E-state index contributed by atoms with van der Waals surface area (Å²) < 4.78 is 15.8. The molecule has 3 aromatic rings. The number of methoxy groups -OCH3 is 2. The van der Waals surface area contributed by atoms with Gasteiger partial charge in [-0.25, -0.2) is 10.2 Å². The lowest BCUT2D eigenvalue weighted by molar-refractivity contribution is 0.0729. The first-order valence-corrected chi connectivity index (χ1v) is 9.17. The van der Waals surface area contributed by atoms with Gasteiger partial charge in [0.2, 0.25) is 0 Å². The minimum atomic E-state index is -0.538. The van der Waals surface area contributed by atoms with Crippen molar-refractivity contribution < 1.29 is 28.9 Å². The van der Waals surface area contributed by atoms with Crippen molar-refractivity contribution in [3.63, 3.8) is 0 Å². The van der Waals surface area contributed by atoms with Gasteiger partial charge in [0.25, 0.3) is 5.91 Å². The highest BCUT2D eigenvalue weighted by Gasteiger charge is 2.13. The van der Waals surface area contributed by atoms with Gasteiger partial charge in [-0.1, -0.05) is 0 Å². The van der Waals surface area contributed by atoms with Gasteiger partial charge in [-0.15, -0.1) is 0 Å². The summed E-state index contributed by atoms with van der Waals surface area (Å²) in [5, 5.41) is 13.2. The normalized spacial score (nSPS) is 10.5. The number of rotatable bonds is 7. The minimum absolute atomic E-state index is 0.0694. The van der Waals surface area contributed by atoms with E-state index in [-0.39, 0.29) is 11.5 Å². The molecule has 0 fully saturated rings. The van der Waals surface area contributed by atoms with Crippen LogP contribution in [0.4, 0.5) is 0 Å². The summed E-state index contributed by atoms with van der Waals surface area (Å²) in [4.78, 5) is 24.4. The van der Waals surface area contributed by atoms with Gasteiger partial charge in [0.1, 0.15) is 11.5 Å². The van der Waals surface area contributed by atoms with E-state index in [1.54, 1.807) is 49.6 Å². The van der Waals surface area contributed by atoms with Crippen LogP contribution in [0, 0.1) is 0 Å². The second-order valence-electron chi connectivity index (χ2n) is 6.27. The van der Waals surface area contributed by atoms with Crippen LogP contribution in [-0.4, -0.2) is 37.4 Å². The summed E-state index contributed by atoms with van der Waals surface area (Å²) in [5.41, 5.74) is 3.73. The third-order valence-corrected chi connectivity index (χ3v) is 4.23. The molecule has 0 aliphatic carbocycles. The first-order chi connectivity index (χ1) is 15.0. The Bertz CT molecular complexity index is 1090. The van der Waals surface area contributed by atoms with Crippen LogP contribution in [-0.2, 0) is 0 Å². The van der Waals surface area contributed by atoms with E-state index >= 15 is 0 Å². The average molecular weight is 420 g/mol. The highest BCUT2D eigenvalue weighted by Crippen LogP contribution is 2.28. The Morgan fingerprint density at radius 3 is 2.19 bits per heavy atom. The summed E-state index contributed by atoms with van der Waals surface area (Å²) in [6.07, 6.45) is 1.43. The number of phenolic OH excluding ortho intramolecular Hbond substituents is 1. The molecule has 3 rings (SSSR count). The Morgan fingerprint density at radius 1 is 0.871 bits per heavy atom. The highest BCUT2D eigenvalue weighted by atomic mass is 16.6. The summed E-state index contributed by atoms with van der Waals surface area (Å²) in [6, 6.07) is 17.2. The van der Waals surface area contributed by atoms with Gasteiger partial charge in [0.05, 0.1) is 26.0 Å². The smallest absolute Gasteiger partial charge is 0.343 e. The third kappa shape index (κ3) is 5.60. The van der Waals surface area contributed by atoms with Crippen LogP contribution in [0.25, 0.3) is 0 Å². The van der Waals surface area contributed by atoms with Crippen molar-refractivity contribution in [2.45, 2.75) is 0 Å². The van der Waals surface area contributed by atoms with E-state index in [2.05, 4.69) is 10.5 Å². The molecule has 0 heterocycles. The molecule has 8 heteroatoms. The molecule has 0 unspecified atom stereocenters. The number of amides is 1. The number of esters is 1. The Morgan fingerprint density at radius 2 is 1.55 bits per heavy atom. The molecule has 1 amide bonds. The van der Waals surface area contributed by atoms with Gasteiger partial charge in [-0.3, -0.25) is 4.79 Å². The van der Waals surface area contributed by atoms with Gasteiger partial charge in [0, 0.05) is 5.56 Å². The maximum atomic E-state index is 12.4. The van der Waals surface area contributed by atoms with Crippen LogP contribution in [0.3, 0.4) is 0 Å². The molecule has 2 N–H and O–H groups in total. The summed E-state index contributed by atoms with van der Waals surface area (Å²) >= 11 is 0. The fraction of sp³-hybridized carbons (Fsp3) is 0.0870. The zero-order chi connectivity index (χ0) is 22.2. The number of aromatic hydroxyl groups is 1. The zero-order valence-electron chi connectivity index (χ0n) is 16.9. The molecule has 8 nitrogen and oxygen atoms in total. The molecule has 0 atom stereocenters. The van der Waals surface area contributed by atoms with E-state index in [4.69, 9.17) is 14.2 Å². The van der Waals surface area contributed by atoms with Crippen molar-refractivity contribution in [2.75, 3.05) is 14.2 Å². The first-order valence-electron chi connectivity index (χ1n) is 9.17. The van der Waals surface area contributed by atoms with E-state index in [0.717, 1.165) is 0 Å². The van der Waals surface area contributed by atoms with Crippen LogP contribution in [0.2, 0.25) is 0 Å². The molecule has 0 aromatic heterocycles. The Kier molecular flexibility index (Phi) is 6.85. The number of hydrogen-bond acceptors (Lipinski definition) is 7. The molecule has 0 spiro atoms. The Hall–Kier alpha value is -4.33. The Balaban J connectivity index is 1.66. The quantitative estimate of drug-likeness (QED) is 0.263. The Labute approximate surface area is 178 Å². The summed E-state index contributed by atoms with van der Waals surface area (Å²) in [6.45, 7) is 0. The van der Waals surface area contributed by atoms with Gasteiger partial charge >= 0.3 is 5.97 Å². The molecule has 31 heavy (non-hydrogen) atoms. The number of ether oxygens (including phenoxy) is 3. The van der Waals surface area contributed by atoms with E-state index in [1.165, 1.54) is 37.6 Å². The van der Waals surface area contributed by atoms with Crippen LogP contribution in [0.5, 0.6) is 23.0 Å². The van der Waals surface area contributed by atoms with Crippen molar-refractivity contribution in [2.24, 2.45) is 5.10 Å². The SMILES string of the molecule is COc1ccc(C(=O)Oc2ccc(/C=N\NC(=O)c3ccc(O)cc3)cc2OC)cc1. The lowest BCUT2D eigenvalue weighted by atomic mass is 10.2. The number of nitrogens with one attached hydrogen (secondary N) is 1. The summed E-state index contributed by atoms with van der Waals surface area (Å²) in [5.74, 6) is 0.316. The van der Waals surface area contributed by atoms with E-state index in [0.29, 0.717) is 28.2 Å². The molecule has 3 aromatic carbocycles. The lowest BCUT2D eigenvalue weighted by Gasteiger charge is -2.10. The molecule has 0 saturated heterocycles. The monoisotopic (exact) mass is 420 g/mol. The van der Waals surface area contributed by atoms with Gasteiger partial charge in [-0.05, 0) is 72.3 Å². The van der Waals surface area contributed by atoms with Crippen LogP contribution in [0.1, 0.15) is 26.3 Å². The van der Waals surface area contributed by atoms with Crippen molar-refractivity contribution in [1.29, 1.82) is 0 Å². The molecule has 0 aliphatic rings. The second kappa shape index (κ2) is 9.93. The number of hydrazone groups is 1. The van der Waals surface area contributed by atoms with E-state index in [1.807, 2.05) is 0 Å². The molecular formula is C23H20N2O6. The topological polar surface area (TPSA) is 106 Å². The molecule has 0 bridgehead atoms. The minimum Gasteiger partial charge on any atom is -0.508 e. The molecule has 0 aliphatic heterocycles. The zero-order valence-corrected chi connectivity index (χ0v) is 16.9. The number of benzene rings is 3. The van der Waals surface area contributed by atoms with Crippen LogP contribution < -0.4 is 19.6 Å². The average Bonchev–Trinajstić information content (AvgIpc) is 2.80.